The standard InChI is InChI=1S/C13H9NO3/c1-8-4-2-5-9-11(8)17-13(14-12(9)15)10-6-3-7-16-10/h2-7H,1H3. The zero-order chi connectivity index (χ0) is 11.8. The highest BCUT2D eigenvalue weighted by Crippen LogP contribution is 2.22. The summed E-state index contributed by atoms with van der Waals surface area (Å²) in [7, 11) is 0. The van der Waals surface area contributed by atoms with Crippen molar-refractivity contribution in [2.24, 2.45) is 0 Å². The topological polar surface area (TPSA) is 56.2 Å². The molecule has 17 heavy (non-hydrogen) atoms. The van der Waals surface area contributed by atoms with Gasteiger partial charge in [-0.2, -0.15) is 4.98 Å². The lowest BCUT2D eigenvalue weighted by molar-refractivity contribution is 0.522. The van der Waals surface area contributed by atoms with E-state index < -0.39 is 0 Å². The third-order valence-corrected chi connectivity index (χ3v) is 2.58. The predicted octanol–water partition coefficient (Wildman–Crippen LogP) is 2.76. The molecule has 2 aromatic heterocycles. The molecule has 0 fully saturated rings. The van der Waals surface area contributed by atoms with Crippen molar-refractivity contribution in [2.45, 2.75) is 6.92 Å². The van der Waals surface area contributed by atoms with Gasteiger partial charge in [0, 0.05) is 0 Å². The molecule has 0 spiro atoms. The molecule has 4 nitrogen and oxygen atoms in total. The van der Waals surface area contributed by atoms with Crippen LogP contribution < -0.4 is 5.56 Å². The number of fused-ring (bicyclic) bond motifs is 1. The molecule has 0 saturated carbocycles. The average Bonchev–Trinajstić information content (AvgIpc) is 2.84. The molecular weight excluding hydrogens is 218 g/mol. The van der Waals surface area contributed by atoms with Gasteiger partial charge in [-0.1, -0.05) is 12.1 Å². The van der Waals surface area contributed by atoms with E-state index in [9.17, 15) is 4.79 Å². The molecule has 3 rings (SSSR count). The summed E-state index contributed by atoms with van der Waals surface area (Å²) in [6, 6.07) is 8.82. The summed E-state index contributed by atoms with van der Waals surface area (Å²) >= 11 is 0. The predicted molar refractivity (Wildman–Crippen MR) is 62.7 cm³/mol. The second-order valence-corrected chi connectivity index (χ2v) is 3.75. The number of hydrogen-bond acceptors (Lipinski definition) is 4. The smallest absolute Gasteiger partial charge is 0.284 e. The van der Waals surface area contributed by atoms with Crippen LogP contribution in [0.5, 0.6) is 0 Å². The molecule has 0 aliphatic carbocycles. The molecule has 0 unspecified atom stereocenters. The molecule has 3 aromatic rings. The zero-order valence-corrected chi connectivity index (χ0v) is 9.14. The Labute approximate surface area is 96.5 Å². The number of hydrogen-bond donors (Lipinski definition) is 0. The molecule has 4 heteroatoms. The Hall–Kier alpha value is -2.36. The summed E-state index contributed by atoms with van der Waals surface area (Å²) in [4.78, 5) is 15.7. The first-order valence-corrected chi connectivity index (χ1v) is 5.20. The van der Waals surface area contributed by atoms with E-state index >= 15 is 0 Å². The van der Waals surface area contributed by atoms with Crippen LogP contribution >= 0.6 is 0 Å². The molecule has 0 bridgehead atoms. The molecule has 84 valence electrons. The summed E-state index contributed by atoms with van der Waals surface area (Å²) in [5, 5.41) is 0.486. The average molecular weight is 227 g/mol. The van der Waals surface area contributed by atoms with Crippen molar-refractivity contribution in [1.82, 2.24) is 4.98 Å². The van der Waals surface area contributed by atoms with Crippen molar-refractivity contribution in [2.75, 3.05) is 0 Å². The van der Waals surface area contributed by atoms with Gasteiger partial charge in [0.1, 0.15) is 5.58 Å². The van der Waals surface area contributed by atoms with E-state index in [1.807, 2.05) is 19.1 Å². The molecule has 0 N–H and O–H groups in total. The first kappa shape index (κ1) is 9.84. The molecular formula is C13H9NO3. The Morgan fingerprint density at radius 2 is 2.06 bits per heavy atom. The molecule has 0 radical (unpaired) electrons. The fourth-order valence-corrected chi connectivity index (χ4v) is 1.73. The van der Waals surface area contributed by atoms with Crippen LogP contribution in [0.3, 0.4) is 0 Å². The van der Waals surface area contributed by atoms with E-state index in [0.29, 0.717) is 16.7 Å². The van der Waals surface area contributed by atoms with Gasteiger partial charge >= 0.3 is 0 Å². The highest BCUT2D eigenvalue weighted by atomic mass is 16.4. The number of aryl methyl sites for hydroxylation is 1. The van der Waals surface area contributed by atoms with Crippen LogP contribution in [0.2, 0.25) is 0 Å². The number of nitrogens with zero attached hydrogens (tertiary/aromatic N) is 1. The lowest BCUT2D eigenvalue weighted by Crippen LogP contribution is -2.07. The number of para-hydroxylation sites is 1. The van der Waals surface area contributed by atoms with Gasteiger partial charge in [-0.3, -0.25) is 4.79 Å². The second kappa shape index (κ2) is 3.59. The minimum Gasteiger partial charge on any atom is -0.459 e. The maximum atomic E-state index is 11.8. The van der Waals surface area contributed by atoms with Crippen LogP contribution in [-0.2, 0) is 0 Å². The number of aromatic nitrogens is 1. The molecule has 0 saturated heterocycles. The number of benzene rings is 1. The molecule has 0 atom stereocenters. The monoisotopic (exact) mass is 227 g/mol. The minimum absolute atomic E-state index is 0.210. The van der Waals surface area contributed by atoms with Gasteiger partial charge in [-0.25, -0.2) is 0 Å². The zero-order valence-electron chi connectivity index (χ0n) is 9.14. The molecule has 1 aromatic carbocycles. The minimum atomic E-state index is -0.304. The van der Waals surface area contributed by atoms with E-state index in [1.54, 1.807) is 18.2 Å². The van der Waals surface area contributed by atoms with Gasteiger partial charge in [0.25, 0.3) is 11.4 Å². The first-order valence-electron chi connectivity index (χ1n) is 5.20. The Morgan fingerprint density at radius 3 is 2.82 bits per heavy atom. The lowest BCUT2D eigenvalue weighted by Gasteiger charge is -2.01. The molecule has 0 aliphatic heterocycles. The van der Waals surface area contributed by atoms with Crippen LogP contribution in [0.1, 0.15) is 5.56 Å². The number of furan rings is 1. The molecule has 0 aliphatic rings. The van der Waals surface area contributed by atoms with Crippen LogP contribution in [0.25, 0.3) is 22.6 Å². The summed E-state index contributed by atoms with van der Waals surface area (Å²) in [6.45, 7) is 1.89. The Morgan fingerprint density at radius 1 is 1.18 bits per heavy atom. The maximum Gasteiger partial charge on any atom is 0.284 e. The largest absolute Gasteiger partial charge is 0.459 e. The van der Waals surface area contributed by atoms with E-state index in [4.69, 9.17) is 8.83 Å². The van der Waals surface area contributed by atoms with E-state index in [0.717, 1.165) is 5.56 Å². The Kier molecular flexibility index (Phi) is 2.08. The van der Waals surface area contributed by atoms with Crippen molar-refractivity contribution in [3.05, 3.63) is 52.5 Å². The molecule has 0 amide bonds. The van der Waals surface area contributed by atoms with Gasteiger partial charge in [0.05, 0.1) is 11.6 Å². The van der Waals surface area contributed by atoms with Crippen molar-refractivity contribution in [1.29, 1.82) is 0 Å². The highest BCUT2D eigenvalue weighted by Gasteiger charge is 2.11. The van der Waals surface area contributed by atoms with Crippen LogP contribution in [0, 0.1) is 6.92 Å². The molecule has 2 heterocycles. The van der Waals surface area contributed by atoms with E-state index in [2.05, 4.69) is 4.98 Å². The maximum absolute atomic E-state index is 11.8. The van der Waals surface area contributed by atoms with Crippen LogP contribution in [0.4, 0.5) is 0 Å². The summed E-state index contributed by atoms with van der Waals surface area (Å²) < 4.78 is 10.8. The summed E-state index contributed by atoms with van der Waals surface area (Å²) in [5.41, 5.74) is 1.15. The van der Waals surface area contributed by atoms with Crippen LogP contribution in [0.15, 0.2) is 50.2 Å². The van der Waals surface area contributed by atoms with Crippen LogP contribution in [-0.4, -0.2) is 4.98 Å². The normalized spacial score (nSPS) is 10.9. The van der Waals surface area contributed by atoms with Gasteiger partial charge < -0.3 is 8.83 Å². The van der Waals surface area contributed by atoms with Crippen molar-refractivity contribution >= 4 is 11.0 Å². The fraction of sp³-hybridized carbons (Fsp3) is 0.0769. The van der Waals surface area contributed by atoms with Gasteiger partial charge in [-0.15, -0.1) is 0 Å². The van der Waals surface area contributed by atoms with Gasteiger partial charge in [0.2, 0.25) is 0 Å². The SMILES string of the molecule is Cc1cccc2c(=O)nc(-c3ccco3)oc12. The van der Waals surface area contributed by atoms with E-state index in [1.165, 1.54) is 6.26 Å². The van der Waals surface area contributed by atoms with Gasteiger partial charge in [0.15, 0.2) is 5.76 Å². The third-order valence-electron chi connectivity index (χ3n) is 2.58. The van der Waals surface area contributed by atoms with E-state index in [-0.39, 0.29) is 11.4 Å². The van der Waals surface area contributed by atoms with Crippen molar-refractivity contribution < 1.29 is 8.83 Å². The van der Waals surface area contributed by atoms with Crippen molar-refractivity contribution in [3.63, 3.8) is 0 Å². The summed E-state index contributed by atoms with van der Waals surface area (Å²) in [6.07, 6.45) is 1.51. The second-order valence-electron chi connectivity index (χ2n) is 3.75. The Bertz CT molecular complexity index is 726. The third kappa shape index (κ3) is 1.54. The fourth-order valence-electron chi connectivity index (χ4n) is 1.73. The van der Waals surface area contributed by atoms with Crippen molar-refractivity contribution in [3.8, 4) is 11.7 Å². The van der Waals surface area contributed by atoms with Gasteiger partial charge in [-0.05, 0) is 30.7 Å². The Balaban J connectivity index is 2.38. The quantitative estimate of drug-likeness (QED) is 0.641. The summed E-state index contributed by atoms with van der Waals surface area (Å²) in [5.74, 6) is 0.661. The lowest BCUT2D eigenvalue weighted by atomic mass is 10.2. The number of rotatable bonds is 1. The first-order chi connectivity index (χ1) is 8.25. The highest BCUT2D eigenvalue weighted by molar-refractivity contribution is 5.79.